The first-order valence-corrected chi connectivity index (χ1v) is 10.8. The van der Waals surface area contributed by atoms with Crippen LogP contribution >= 0.6 is 0 Å². The van der Waals surface area contributed by atoms with E-state index in [2.05, 4.69) is 43.3 Å². The highest BCUT2D eigenvalue weighted by Crippen LogP contribution is 2.42. The maximum absolute atomic E-state index is 10.7. The van der Waals surface area contributed by atoms with Crippen LogP contribution in [-0.4, -0.2) is 16.3 Å². The summed E-state index contributed by atoms with van der Waals surface area (Å²) in [5.41, 5.74) is 2.29. The van der Waals surface area contributed by atoms with Gasteiger partial charge in [-0.1, -0.05) is 69.0 Å². The third-order valence-electron chi connectivity index (χ3n) is 6.58. The normalized spacial score (nSPS) is 28.7. The summed E-state index contributed by atoms with van der Waals surface area (Å²) < 4.78 is 0. The van der Waals surface area contributed by atoms with Crippen LogP contribution in [-0.2, 0) is 0 Å². The number of benzene rings is 1. The molecule has 0 aliphatic heterocycles. The Labute approximate surface area is 159 Å². The van der Waals surface area contributed by atoms with Crippen LogP contribution < -0.4 is 0 Å². The van der Waals surface area contributed by atoms with Crippen LogP contribution in [0.1, 0.15) is 94.3 Å². The van der Waals surface area contributed by atoms with Crippen LogP contribution in [0.5, 0.6) is 0 Å². The fourth-order valence-electron chi connectivity index (χ4n) is 5.01. The minimum absolute atomic E-state index is 0.228. The molecule has 0 amide bonds. The minimum Gasteiger partial charge on any atom is -0.392 e. The van der Waals surface area contributed by atoms with Gasteiger partial charge >= 0.3 is 0 Å². The van der Waals surface area contributed by atoms with Gasteiger partial charge in [0.15, 0.2) is 0 Å². The summed E-state index contributed by atoms with van der Waals surface area (Å²) in [4.78, 5) is 0. The summed E-state index contributed by atoms with van der Waals surface area (Å²) >= 11 is 0. The summed E-state index contributed by atoms with van der Waals surface area (Å²) in [6.07, 6.45) is 15.6. The molecule has 2 aliphatic rings. The molecule has 2 heteroatoms. The van der Waals surface area contributed by atoms with Crippen molar-refractivity contribution >= 4 is 0 Å². The predicted molar refractivity (Wildman–Crippen MR) is 108 cm³/mol. The average Bonchev–Trinajstić information content (AvgIpc) is 3.06. The standard InChI is InChI=1S/C24H36O2/c1-2-3-4-6-9-18-16-17-22(25)23(18)19-12-14-21(15-13-19)24(26)20-10-7-5-8-11-20/h4,6,12-15,18,20,22-26H,2-3,5,7-11,16-17H2,1H3/t18-,22+,23-,24?/m0/s1. The zero-order valence-electron chi connectivity index (χ0n) is 16.3. The van der Waals surface area contributed by atoms with Crippen molar-refractivity contribution in [2.24, 2.45) is 11.8 Å². The Bertz CT molecular complexity index is 556. The van der Waals surface area contributed by atoms with Crippen LogP contribution in [0.3, 0.4) is 0 Å². The fraction of sp³-hybridized carbons (Fsp3) is 0.667. The maximum Gasteiger partial charge on any atom is 0.0818 e. The van der Waals surface area contributed by atoms with Gasteiger partial charge in [0.2, 0.25) is 0 Å². The molecule has 1 aromatic carbocycles. The molecule has 2 N–H and O–H groups in total. The third kappa shape index (κ3) is 4.78. The number of allylic oxidation sites excluding steroid dienone is 2. The first-order valence-electron chi connectivity index (χ1n) is 10.8. The van der Waals surface area contributed by atoms with Gasteiger partial charge in [0.05, 0.1) is 12.2 Å². The van der Waals surface area contributed by atoms with E-state index in [0.29, 0.717) is 11.8 Å². The smallest absolute Gasteiger partial charge is 0.0818 e. The summed E-state index contributed by atoms with van der Waals surface area (Å²) in [5, 5.41) is 21.2. The van der Waals surface area contributed by atoms with E-state index in [1.54, 1.807) is 0 Å². The first-order chi connectivity index (χ1) is 12.7. The SMILES string of the molecule is CCCC=CC[C@H]1CC[C@@H](O)[C@@H]1c1ccc(C(O)C2CCCCC2)cc1. The highest BCUT2D eigenvalue weighted by molar-refractivity contribution is 5.29. The number of aliphatic hydroxyl groups is 2. The summed E-state index contributed by atoms with van der Waals surface area (Å²) in [6.45, 7) is 2.20. The molecule has 2 aliphatic carbocycles. The van der Waals surface area contributed by atoms with E-state index in [-0.39, 0.29) is 18.1 Å². The maximum atomic E-state index is 10.7. The first kappa shape index (κ1) is 19.6. The zero-order chi connectivity index (χ0) is 18.4. The lowest BCUT2D eigenvalue weighted by Gasteiger charge is -2.27. The topological polar surface area (TPSA) is 40.5 Å². The Hall–Kier alpha value is -1.12. The van der Waals surface area contributed by atoms with Gasteiger partial charge < -0.3 is 10.2 Å². The van der Waals surface area contributed by atoms with Gasteiger partial charge in [0.25, 0.3) is 0 Å². The van der Waals surface area contributed by atoms with Gasteiger partial charge in [-0.25, -0.2) is 0 Å². The molecule has 0 aromatic heterocycles. The molecule has 3 rings (SSSR count). The Morgan fingerprint density at radius 1 is 1.00 bits per heavy atom. The molecule has 2 nitrogen and oxygen atoms in total. The number of aliphatic hydroxyl groups excluding tert-OH is 2. The van der Waals surface area contributed by atoms with Crippen LogP contribution in [0.2, 0.25) is 0 Å². The van der Waals surface area contributed by atoms with E-state index in [9.17, 15) is 10.2 Å². The number of rotatable bonds is 7. The quantitative estimate of drug-likeness (QED) is 0.597. The molecule has 0 radical (unpaired) electrons. The second kappa shape index (κ2) is 9.71. The lowest BCUT2D eigenvalue weighted by molar-refractivity contribution is 0.0848. The lowest BCUT2D eigenvalue weighted by Crippen LogP contribution is -2.18. The minimum atomic E-state index is -0.328. The molecule has 2 saturated carbocycles. The van der Waals surface area contributed by atoms with Gasteiger partial charge in [0, 0.05) is 5.92 Å². The third-order valence-corrected chi connectivity index (χ3v) is 6.58. The molecule has 2 fully saturated rings. The summed E-state index contributed by atoms with van der Waals surface area (Å²) in [6, 6.07) is 8.51. The number of hydrogen-bond acceptors (Lipinski definition) is 2. The Balaban J connectivity index is 1.65. The molecule has 0 heterocycles. The van der Waals surface area contributed by atoms with Crippen molar-refractivity contribution in [1.29, 1.82) is 0 Å². The van der Waals surface area contributed by atoms with Crippen LogP contribution in [0.25, 0.3) is 0 Å². The number of hydrogen-bond donors (Lipinski definition) is 2. The van der Waals surface area contributed by atoms with Gasteiger partial charge in [-0.05, 0) is 61.5 Å². The molecule has 4 atom stereocenters. The van der Waals surface area contributed by atoms with E-state index >= 15 is 0 Å². The van der Waals surface area contributed by atoms with E-state index in [1.807, 2.05) is 0 Å². The highest BCUT2D eigenvalue weighted by Gasteiger charge is 2.35. The molecule has 144 valence electrons. The molecule has 0 spiro atoms. The molecular formula is C24H36O2. The molecule has 1 aromatic rings. The second-order valence-electron chi connectivity index (χ2n) is 8.44. The molecule has 0 bridgehead atoms. The van der Waals surface area contributed by atoms with Crippen molar-refractivity contribution in [2.75, 3.05) is 0 Å². The van der Waals surface area contributed by atoms with Gasteiger partial charge in [-0.3, -0.25) is 0 Å². The van der Waals surface area contributed by atoms with Crippen molar-refractivity contribution in [2.45, 2.75) is 89.3 Å². The van der Waals surface area contributed by atoms with Gasteiger partial charge in [-0.2, -0.15) is 0 Å². The summed E-state index contributed by atoms with van der Waals surface area (Å²) in [7, 11) is 0. The predicted octanol–water partition coefficient (Wildman–Crippen LogP) is 5.90. The van der Waals surface area contributed by atoms with Crippen molar-refractivity contribution in [1.82, 2.24) is 0 Å². The average molecular weight is 357 g/mol. The van der Waals surface area contributed by atoms with Crippen molar-refractivity contribution < 1.29 is 10.2 Å². The van der Waals surface area contributed by atoms with E-state index in [4.69, 9.17) is 0 Å². The Morgan fingerprint density at radius 3 is 2.42 bits per heavy atom. The highest BCUT2D eigenvalue weighted by atomic mass is 16.3. The second-order valence-corrected chi connectivity index (χ2v) is 8.44. The molecule has 26 heavy (non-hydrogen) atoms. The largest absolute Gasteiger partial charge is 0.392 e. The van der Waals surface area contributed by atoms with Crippen LogP contribution in [0, 0.1) is 11.8 Å². The van der Waals surface area contributed by atoms with E-state index in [1.165, 1.54) is 31.2 Å². The monoisotopic (exact) mass is 356 g/mol. The Morgan fingerprint density at radius 2 is 1.73 bits per heavy atom. The van der Waals surface area contributed by atoms with Crippen LogP contribution in [0.4, 0.5) is 0 Å². The number of unbranched alkanes of at least 4 members (excludes halogenated alkanes) is 1. The van der Waals surface area contributed by atoms with Crippen molar-refractivity contribution in [3.05, 3.63) is 47.5 Å². The molecule has 0 saturated heterocycles. The lowest BCUT2D eigenvalue weighted by atomic mass is 9.81. The van der Waals surface area contributed by atoms with E-state index in [0.717, 1.165) is 44.1 Å². The molecule has 1 unspecified atom stereocenters. The van der Waals surface area contributed by atoms with Gasteiger partial charge in [-0.15, -0.1) is 0 Å². The van der Waals surface area contributed by atoms with Gasteiger partial charge in [0.1, 0.15) is 0 Å². The fourth-order valence-corrected chi connectivity index (χ4v) is 5.01. The zero-order valence-corrected chi connectivity index (χ0v) is 16.3. The van der Waals surface area contributed by atoms with Crippen molar-refractivity contribution in [3.8, 4) is 0 Å². The van der Waals surface area contributed by atoms with Crippen LogP contribution in [0.15, 0.2) is 36.4 Å². The molecular weight excluding hydrogens is 320 g/mol. The van der Waals surface area contributed by atoms with E-state index < -0.39 is 0 Å². The Kier molecular flexibility index (Phi) is 7.33. The van der Waals surface area contributed by atoms with Crippen molar-refractivity contribution in [3.63, 3.8) is 0 Å². The summed E-state index contributed by atoms with van der Waals surface area (Å²) in [5.74, 6) is 1.19.